The van der Waals surface area contributed by atoms with Crippen molar-refractivity contribution in [3.63, 3.8) is 0 Å². The van der Waals surface area contributed by atoms with Crippen LogP contribution in [0.4, 0.5) is 0 Å². The maximum absolute atomic E-state index is 12.5. The fourth-order valence-corrected chi connectivity index (χ4v) is 3.85. The van der Waals surface area contributed by atoms with Crippen LogP contribution >= 0.6 is 0 Å². The second kappa shape index (κ2) is 7.78. The number of nitrogens with one attached hydrogen (secondary N) is 1. The average molecular weight is 296 g/mol. The predicted octanol–water partition coefficient (Wildman–Crippen LogP) is 2.01. The van der Waals surface area contributed by atoms with Crippen LogP contribution in [0.5, 0.6) is 0 Å². The molecule has 2 aliphatic rings. The molecule has 0 spiro atoms. The fraction of sp³-hybridized carbons (Fsp3) is 0.875. The molecule has 0 unspecified atom stereocenters. The highest BCUT2D eigenvalue weighted by Crippen LogP contribution is 2.35. The number of carboxylic acid groups (broad SMARTS) is 1. The Morgan fingerprint density at radius 1 is 1.24 bits per heavy atom. The van der Waals surface area contributed by atoms with Crippen LogP contribution in [0, 0.1) is 5.92 Å². The summed E-state index contributed by atoms with van der Waals surface area (Å²) in [4.78, 5) is 25.6. The number of carbonyl (C=O) groups excluding carboxylic acids is 1. The summed E-state index contributed by atoms with van der Waals surface area (Å²) in [5, 5.41) is 12.0. The van der Waals surface area contributed by atoms with Gasteiger partial charge in [-0.1, -0.05) is 26.2 Å². The SMILES string of the molecule is CCC[C@H](NCC(=O)N1CCC[C@@H]2CCCC[C@H]21)C(=O)O. The number of hydrogen-bond donors (Lipinski definition) is 2. The minimum absolute atomic E-state index is 0.0777. The van der Waals surface area contributed by atoms with E-state index in [0.29, 0.717) is 18.4 Å². The van der Waals surface area contributed by atoms with Crippen LogP contribution in [0.25, 0.3) is 0 Å². The normalized spacial score (nSPS) is 27.0. The molecule has 2 fully saturated rings. The number of amides is 1. The molecule has 1 amide bonds. The van der Waals surface area contributed by atoms with Crippen molar-refractivity contribution < 1.29 is 14.7 Å². The summed E-state index contributed by atoms with van der Waals surface area (Å²) in [6.07, 6.45) is 8.56. The number of hydrogen-bond acceptors (Lipinski definition) is 3. The number of nitrogens with zero attached hydrogens (tertiary/aromatic N) is 1. The van der Waals surface area contributed by atoms with Gasteiger partial charge in [0.15, 0.2) is 0 Å². The summed E-state index contributed by atoms with van der Waals surface area (Å²) < 4.78 is 0. The van der Waals surface area contributed by atoms with Gasteiger partial charge < -0.3 is 10.0 Å². The van der Waals surface area contributed by atoms with E-state index in [4.69, 9.17) is 5.11 Å². The molecule has 0 radical (unpaired) electrons. The molecule has 1 saturated heterocycles. The molecule has 2 rings (SSSR count). The Balaban J connectivity index is 1.88. The van der Waals surface area contributed by atoms with E-state index < -0.39 is 12.0 Å². The highest BCUT2D eigenvalue weighted by molar-refractivity contribution is 5.80. The van der Waals surface area contributed by atoms with Crippen LogP contribution in [0.15, 0.2) is 0 Å². The molecular formula is C16H28N2O3. The van der Waals surface area contributed by atoms with Gasteiger partial charge in [-0.25, -0.2) is 0 Å². The first-order valence-electron chi connectivity index (χ1n) is 8.39. The highest BCUT2D eigenvalue weighted by atomic mass is 16.4. The average Bonchev–Trinajstić information content (AvgIpc) is 2.50. The summed E-state index contributed by atoms with van der Waals surface area (Å²) in [6.45, 7) is 2.95. The third-order valence-corrected chi connectivity index (χ3v) is 4.94. The fourth-order valence-electron chi connectivity index (χ4n) is 3.85. The van der Waals surface area contributed by atoms with Crippen LogP contribution in [0.3, 0.4) is 0 Å². The van der Waals surface area contributed by atoms with E-state index >= 15 is 0 Å². The Morgan fingerprint density at radius 2 is 1.95 bits per heavy atom. The number of likely N-dealkylation sites (tertiary alicyclic amines) is 1. The molecule has 120 valence electrons. The number of aliphatic carboxylic acids is 1. The first-order chi connectivity index (χ1) is 10.1. The third kappa shape index (κ3) is 4.19. The second-order valence-corrected chi connectivity index (χ2v) is 6.40. The van der Waals surface area contributed by atoms with Gasteiger partial charge in [-0.05, 0) is 38.0 Å². The monoisotopic (exact) mass is 296 g/mol. The molecule has 0 bridgehead atoms. The molecule has 0 aromatic rings. The van der Waals surface area contributed by atoms with Gasteiger partial charge in [0.1, 0.15) is 6.04 Å². The van der Waals surface area contributed by atoms with Gasteiger partial charge in [-0.2, -0.15) is 0 Å². The lowest BCUT2D eigenvalue weighted by Crippen LogP contribution is -2.53. The molecule has 1 saturated carbocycles. The molecule has 1 aliphatic heterocycles. The zero-order valence-electron chi connectivity index (χ0n) is 13.0. The minimum atomic E-state index is -0.862. The van der Waals surface area contributed by atoms with Crippen LogP contribution < -0.4 is 5.32 Å². The van der Waals surface area contributed by atoms with Gasteiger partial charge >= 0.3 is 5.97 Å². The maximum Gasteiger partial charge on any atom is 0.320 e. The number of rotatable bonds is 6. The van der Waals surface area contributed by atoms with Crippen LogP contribution in [0.1, 0.15) is 58.3 Å². The van der Waals surface area contributed by atoms with Gasteiger partial charge in [-0.3, -0.25) is 14.9 Å². The maximum atomic E-state index is 12.5. The molecule has 5 nitrogen and oxygen atoms in total. The number of carbonyl (C=O) groups is 2. The van der Waals surface area contributed by atoms with Gasteiger partial charge in [0.25, 0.3) is 0 Å². The lowest BCUT2D eigenvalue weighted by molar-refractivity contribution is -0.140. The first kappa shape index (κ1) is 16.3. The molecule has 1 aliphatic carbocycles. The zero-order chi connectivity index (χ0) is 15.2. The quantitative estimate of drug-likeness (QED) is 0.786. The summed E-state index contributed by atoms with van der Waals surface area (Å²) in [7, 11) is 0. The molecular weight excluding hydrogens is 268 g/mol. The van der Waals surface area contributed by atoms with Crippen molar-refractivity contribution in [1.82, 2.24) is 10.2 Å². The summed E-state index contributed by atoms with van der Waals surface area (Å²) in [5.41, 5.74) is 0. The second-order valence-electron chi connectivity index (χ2n) is 6.40. The molecule has 21 heavy (non-hydrogen) atoms. The molecule has 2 N–H and O–H groups in total. The number of carboxylic acids is 1. The molecule has 0 aromatic heterocycles. The van der Waals surface area contributed by atoms with E-state index in [2.05, 4.69) is 5.32 Å². The van der Waals surface area contributed by atoms with Gasteiger partial charge in [0, 0.05) is 12.6 Å². The Hall–Kier alpha value is -1.10. The standard InChI is InChI=1S/C16H28N2O3/c1-2-6-13(16(20)21)17-11-15(19)18-10-5-8-12-7-3-4-9-14(12)18/h12-14,17H,2-11H2,1H3,(H,20,21)/t12-,13-,14+/m0/s1. The Labute approximate surface area is 127 Å². The van der Waals surface area contributed by atoms with Crippen molar-refractivity contribution in [3.05, 3.63) is 0 Å². The van der Waals surface area contributed by atoms with E-state index in [9.17, 15) is 9.59 Å². The van der Waals surface area contributed by atoms with E-state index in [0.717, 1.165) is 25.8 Å². The summed E-state index contributed by atoms with van der Waals surface area (Å²) >= 11 is 0. The van der Waals surface area contributed by atoms with E-state index in [1.54, 1.807) is 0 Å². The zero-order valence-corrected chi connectivity index (χ0v) is 13.0. The van der Waals surface area contributed by atoms with Crippen molar-refractivity contribution >= 4 is 11.9 Å². The lowest BCUT2D eigenvalue weighted by Gasteiger charge is -2.44. The van der Waals surface area contributed by atoms with Crippen molar-refractivity contribution in [1.29, 1.82) is 0 Å². The topological polar surface area (TPSA) is 69.6 Å². The smallest absolute Gasteiger partial charge is 0.320 e. The van der Waals surface area contributed by atoms with Gasteiger partial charge in [0.2, 0.25) is 5.91 Å². The Morgan fingerprint density at radius 3 is 2.67 bits per heavy atom. The van der Waals surface area contributed by atoms with Crippen LogP contribution in [-0.4, -0.2) is 47.1 Å². The highest BCUT2D eigenvalue weighted by Gasteiger charge is 2.35. The first-order valence-corrected chi connectivity index (χ1v) is 8.39. The third-order valence-electron chi connectivity index (χ3n) is 4.94. The molecule has 5 heteroatoms. The van der Waals surface area contributed by atoms with E-state index in [1.807, 2.05) is 11.8 Å². The van der Waals surface area contributed by atoms with Gasteiger partial charge in [-0.15, -0.1) is 0 Å². The minimum Gasteiger partial charge on any atom is -0.480 e. The van der Waals surface area contributed by atoms with Crippen molar-refractivity contribution in [3.8, 4) is 0 Å². The lowest BCUT2D eigenvalue weighted by atomic mass is 9.78. The van der Waals surface area contributed by atoms with Crippen molar-refractivity contribution in [2.45, 2.75) is 70.4 Å². The van der Waals surface area contributed by atoms with E-state index in [-0.39, 0.29) is 12.5 Å². The van der Waals surface area contributed by atoms with Crippen LogP contribution in [0.2, 0.25) is 0 Å². The van der Waals surface area contributed by atoms with Crippen molar-refractivity contribution in [2.75, 3.05) is 13.1 Å². The van der Waals surface area contributed by atoms with E-state index in [1.165, 1.54) is 25.7 Å². The number of piperidine rings is 1. The summed E-state index contributed by atoms with van der Waals surface area (Å²) in [5.74, 6) is -0.116. The number of fused-ring (bicyclic) bond motifs is 1. The van der Waals surface area contributed by atoms with Gasteiger partial charge in [0.05, 0.1) is 6.54 Å². The molecule has 3 atom stereocenters. The molecule has 0 aromatic carbocycles. The van der Waals surface area contributed by atoms with Crippen LogP contribution in [-0.2, 0) is 9.59 Å². The molecule has 1 heterocycles. The predicted molar refractivity (Wildman–Crippen MR) is 81.0 cm³/mol. The van der Waals surface area contributed by atoms with Crippen molar-refractivity contribution in [2.24, 2.45) is 5.92 Å². The Bertz CT molecular complexity index is 371. The largest absolute Gasteiger partial charge is 0.480 e. The Kier molecular flexibility index (Phi) is 6.03. The summed E-state index contributed by atoms with van der Waals surface area (Å²) in [6, 6.07) is -0.206.